The summed E-state index contributed by atoms with van der Waals surface area (Å²) in [5.74, 6) is -1.20. The Balaban J connectivity index is 1.57. The lowest BCUT2D eigenvalue weighted by Crippen LogP contribution is -2.40. The quantitative estimate of drug-likeness (QED) is 0.714. The molecule has 8 heteroatoms. The lowest BCUT2D eigenvalue weighted by molar-refractivity contribution is -0.119. The summed E-state index contributed by atoms with van der Waals surface area (Å²) in [7, 11) is -3.81. The second-order valence-electron chi connectivity index (χ2n) is 7.30. The van der Waals surface area contributed by atoms with Gasteiger partial charge in [0.2, 0.25) is 15.9 Å². The molecule has 0 aliphatic carbocycles. The molecule has 1 heterocycles. The molecule has 1 aliphatic rings. The maximum absolute atomic E-state index is 14.0. The first-order valence-electron chi connectivity index (χ1n) is 9.62. The fourth-order valence-corrected chi connectivity index (χ4v) is 4.24. The summed E-state index contributed by atoms with van der Waals surface area (Å²) in [6.07, 6.45) is 3.45. The van der Waals surface area contributed by atoms with E-state index in [9.17, 15) is 17.6 Å². The SMILES string of the molecule is CS(=O)(=O)N(CC(=O)NCc1ccc(CN2CCCC2)cc1)c1ccccc1F. The van der Waals surface area contributed by atoms with E-state index in [4.69, 9.17) is 0 Å². The minimum absolute atomic E-state index is 0.142. The molecular weight excluding hydrogens is 393 g/mol. The van der Waals surface area contributed by atoms with Gasteiger partial charge in [0.05, 0.1) is 11.9 Å². The van der Waals surface area contributed by atoms with Gasteiger partial charge in [0, 0.05) is 13.1 Å². The molecule has 1 fully saturated rings. The summed E-state index contributed by atoms with van der Waals surface area (Å²) >= 11 is 0. The Bertz CT molecular complexity index is 942. The lowest BCUT2D eigenvalue weighted by Gasteiger charge is -2.22. The van der Waals surface area contributed by atoms with Crippen molar-refractivity contribution in [2.45, 2.75) is 25.9 Å². The van der Waals surface area contributed by atoms with Gasteiger partial charge in [0.15, 0.2) is 0 Å². The van der Waals surface area contributed by atoms with E-state index in [0.29, 0.717) is 0 Å². The minimum atomic E-state index is -3.81. The molecule has 1 aliphatic heterocycles. The van der Waals surface area contributed by atoms with E-state index in [2.05, 4.69) is 10.2 Å². The molecule has 1 N–H and O–H groups in total. The number of hydrogen-bond donors (Lipinski definition) is 1. The number of carbonyl (C=O) groups excluding carboxylic acids is 1. The van der Waals surface area contributed by atoms with Gasteiger partial charge in [-0.1, -0.05) is 36.4 Å². The van der Waals surface area contributed by atoms with Gasteiger partial charge in [-0.3, -0.25) is 14.0 Å². The van der Waals surface area contributed by atoms with Gasteiger partial charge in [-0.15, -0.1) is 0 Å². The van der Waals surface area contributed by atoms with Crippen LogP contribution >= 0.6 is 0 Å². The number of likely N-dealkylation sites (tertiary alicyclic amines) is 1. The number of hydrogen-bond acceptors (Lipinski definition) is 4. The second kappa shape index (κ2) is 9.37. The topological polar surface area (TPSA) is 69.7 Å². The van der Waals surface area contributed by atoms with Crippen LogP contribution in [0.2, 0.25) is 0 Å². The number of nitrogens with zero attached hydrogens (tertiary/aromatic N) is 2. The van der Waals surface area contributed by atoms with Gasteiger partial charge >= 0.3 is 0 Å². The average Bonchev–Trinajstić information content (AvgIpc) is 3.18. The number of rotatable bonds is 8. The monoisotopic (exact) mass is 419 g/mol. The number of carbonyl (C=O) groups is 1. The van der Waals surface area contributed by atoms with Crippen molar-refractivity contribution in [2.75, 3.05) is 30.2 Å². The van der Waals surface area contributed by atoms with Gasteiger partial charge in [0.1, 0.15) is 12.4 Å². The van der Waals surface area contributed by atoms with Crippen LogP contribution in [0.15, 0.2) is 48.5 Å². The maximum Gasteiger partial charge on any atom is 0.241 e. The highest BCUT2D eigenvalue weighted by Gasteiger charge is 2.23. The zero-order valence-electron chi connectivity index (χ0n) is 16.5. The van der Waals surface area contributed by atoms with Crippen LogP contribution in [0, 0.1) is 5.82 Å². The van der Waals surface area contributed by atoms with Crippen molar-refractivity contribution in [3.8, 4) is 0 Å². The van der Waals surface area contributed by atoms with E-state index in [1.165, 1.54) is 36.6 Å². The van der Waals surface area contributed by atoms with Gasteiger partial charge < -0.3 is 5.32 Å². The third-order valence-electron chi connectivity index (χ3n) is 4.93. The number of anilines is 1. The molecule has 2 aromatic rings. The molecule has 0 saturated carbocycles. The van der Waals surface area contributed by atoms with E-state index < -0.39 is 28.3 Å². The van der Waals surface area contributed by atoms with Gasteiger partial charge in [-0.05, 0) is 49.2 Å². The standard InChI is InChI=1S/C21H26FN3O3S/c1-29(27,28)25(20-7-3-2-6-19(20)22)16-21(26)23-14-17-8-10-18(11-9-17)15-24-12-4-5-13-24/h2-3,6-11H,4-5,12-16H2,1H3,(H,23,26). The molecule has 0 bridgehead atoms. The summed E-state index contributed by atoms with van der Waals surface area (Å²) in [5.41, 5.74) is 2.00. The Labute approximate surface area is 171 Å². The van der Waals surface area contributed by atoms with Crippen molar-refractivity contribution < 1.29 is 17.6 Å². The van der Waals surface area contributed by atoms with Crippen molar-refractivity contribution >= 4 is 21.6 Å². The summed E-state index contributed by atoms with van der Waals surface area (Å²) in [4.78, 5) is 14.7. The van der Waals surface area contributed by atoms with Crippen LogP contribution < -0.4 is 9.62 Å². The number of benzene rings is 2. The third kappa shape index (κ3) is 6.01. The summed E-state index contributed by atoms with van der Waals surface area (Å²) in [6, 6.07) is 13.5. The van der Waals surface area contributed by atoms with Crippen molar-refractivity contribution in [1.29, 1.82) is 0 Å². The van der Waals surface area contributed by atoms with E-state index in [0.717, 1.165) is 41.8 Å². The van der Waals surface area contributed by atoms with Crippen molar-refractivity contribution in [2.24, 2.45) is 0 Å². The fraction of sp³-hybridized carbons (Fsp3) is 0.381. The summed E-state index contributed by atoms with van der Waals surface area (Å²) < 4.78 is 38.9. The third-order valence-corrected chi connectivity index (χ3v) is 6.05. The molecule has 1 amide bonds. The Morgan fingerprint density at radius 1 is 1.07 bits per heavy atom. The molecule has 1 saturated heterocycles. The van der Waals surface area contributed by atoms with Crippen LogP contribution in [0.1, 0.15) is 24.0 Å². The van der Waals surface area contributed by atoms with Crippen molar-refractivity contribution in [3.05, 3.63) is 65.5 Å². The van der Waals surface area contributed by atoms with Crippen LogP contribution in [0.3, 0.4) is 0 Å². The Kier molecular flexibility index (Phi) is 6.87. The molecule has 0 radical (unpaired) electrons. The Morgan fingerprint density at radius 3 is 2.31 bits per heavy atom. The Morgan fingerprint density at radius 2 is 1.69 bits per heavy atom. The van der Waals surface area contributed by atoms with Crippen LogP contribution in [0.25, 0.3) is 0 Å². The molecule has 0 unspecified atom stereocenters. The number of para-hydroxylation sites is 1. The first-order chi connectivity index (χ1) is 13.8. The number of nitrogens with one attached hydrogen (secondary N) is 1. The first kappa shape index (κ1) is 21.3. The van der Waals surface area contributed by atoms with Crippen LogP contribution in [-0.2, 0) is 27.9 Å². The molecular formula is C21H26FN3O3S. The predicted octanol–water partition coefficient (Wildman–Crippen LogP) is 2.50. The largest absolute Gasteiger partial charge is 0.350 e. The molecule has 2 aromatic carbocycles. The summed E-state index contributed by atoms with van der Waals surface area (Å²) in [6.45, 7) is 3.00. The summed E-state index contributed by atoms with van der Waals surface area (Å²) in [5, 5.41) is 2.71. The number of amides is 1. The number of sulfonamides is 1. The second-order valence-corrected chi connectivity index (χ2v) is 9.20. The highest BCUT2D eigenvalue weighted by atomic mass is 32.2. The van der Waals surface area contributed by atoms with Crippen molar-refractivity contribution in [1.82, 2.24) is 10.2 Å². The molecule has 0 spiro atoms. The van der Waals surface area contributed by atoms with E-state index in [1.54, 1.807) is 0 Å². The lowest BCUT2D eigenvalue weighted by atomic mass is 10.1. The smallest absolute Gasteiger partial charge is 0.241 e. The molecule has 3 rings (SSSR count). The predicted molar refractivity (Wildman–Crippen MR) is 111 cm³/mol. The minimum Gasteiger partial charge on any atom is -0.350 e. The Hall–Kier alpha value is -2.45. The number of halogens is 1. The molecule has 0 aromatic heterocycles. The molecule has 6 nitrogen and oxygen atoms in total. The highest BCUT2D eigenvalue weighted by molar-refractivity contribution is 7.92. The zero-order chi connectivity index (χ0) is 20.9. The van der Waals surface area contributed by atoms with Crippen LogP contribution in [0.5, 0.6) is 0 Å². The molecule has 29 heavy (non-hydrogen) atoms. The highest BCUT2D eigenvalue weighted by Crippen LogP contribution is 2.21. The fourth-order valence-electron chi connectivity index (χ4n) is 3.38. The molecule has 156 valence electrons. The van der Waals surface area contributed by atoms with Crippen LogP contribution in [-0.4, -0.2) is 45.1 Å². The first-order valence-corrected chi connectivity index (χ1v) is 11.5. The maximum atomic E-state index is 14.0. The van der Waals surface area contributed by atoms with Gasteiger partial charge in [-0.25, -0.2) is 12.8 Å². The van der Waals surface area contributed by atoms with Crippen molar-refractivity contribution in [3.63, 3.8) is 0 Å². The van der Waals surface area contributed by atoms with E-state index in [1.807, 2.05) is 24.3 Å². The average molecular weight is 420 g/mol. The van der Waals surface area contributed by atoms with Gasteiger partial charge in [-0.2, -0.15) is 0 Å². The molecule has 0 atom stereocenters. The zero-order valence-corrected chi connectivity index (χ0v) is 17.3. The normalized spacial score (nSPS) is 14.7. The van der Waals surface area contributed by atoms with Gasteiger partial charge in [0.25, 0.3) is 0 Å². The van der Waals surface area contributed by atoms with E-state index >= 15 is 0 Å². The van der Waals surface area contributed by atoms with E-state index in [-0.39, 0.29) is 12.2 Å². The van der Waals surface area contributed by atoms with Crippen LogP contribution in [0.4, 0.5) is 10.1 Å².